The van der Waals surface area contributed by atoms with E-state index >= 15 is 0 Å². The molecule has 0 aliphatic heterocycles. The lowest BCUT2D eigenvalue weighted by Gasteiger charge is -2.10. The van der Waals surface area contributed by atoms with Gasteiger partial charge in [0, 0.05) is 12.6 Å². The van der Waals surface area contributed by atoms with E-state index in [1.165, 1.54) is 0 Å². The maximum absolute atomic E-state index is 10.6. The molecule has 0 aliphatic carbocycles. The fourth-order valence-electron chi connectivity index (χ4n) is 1.20. The molecule has 1 aromatic carbocycles. The second-order valence-corrected chi connectivity index (χ2v) is 3.69. The van der Waals surface area contributed by atoms with Gasteiger partial charge in [0.15, 0.2) is 0 Å². The van der Waals surface area contributed by atoms with Crippen LogP contribution < -0.4 is 5.32 Å². The number of hydrogen-bond acceptors (Lipinski definition) is 2. The van der Waals surface area contributed by atoms with E-state index in [2.05, 4.69) is 19.2 Å². The fraction of sp³-hybridized carbons (Fsp3) is 0.417. The molecular formula is C12H17NO2. The molecule has 1 unspecified atom stereocenters. The van der Waals surface area contributed by atoms with Crippen LogP contribution in [0.2, 0.25) is 0 Å². The van der Waals surface area contributed by atoms with E-state index in [0.29, 0.717) is 11.6 Å². The first-order valence-electron chi connectivity index (χ1n) is 5.19. The van der Waals surface area contributed by atoms with Gasteiger partial charge in [0.2, 0.25) is 0 Å². The molecule has 1 aromatic rings. The van der Waals surface area contributed by atoms with Gasteiger partial charge in [-0.3, -0.25) is 0 Å². The van der Waals surface area contributed by atoms with E-state index in [4.69, 9.17) is 5.11 Å². The molecule has 0 aliphatic rings. The molecule has 0 saturated carbocycles. The zero-order valence-corrected chi connectivity index (χ0v) is 9.16. The Labute approximate surface area is 90.1 Å². The average molecular weight is 207 g/mol. The Kier molecular flexibility index (Phi) is 4.31. The van der Waals surface area contributed by atoms with Gasteiger partial charge in [-0.2, -0.15) is 0 Å². The highest BCUT2D eigenvalue weighted by Crippen LogP contribution is 2.04. The summed E-state index contributed by atoms with van der Waals surface area (Å²) in [6, 6.07) is 7.45. The molecule has 1 atom stereocenters. The summed E-state index contributed by atoms with van der Waals surface area (Å²) in [4.78, 5) is 10.6. The van der Waals surface area contributed by atoms with Gasteiger partial charge >= 0.3 is 5.97 Å². The summed E-state index contributed by atoms with van der Waals surface area (Å²) in [6.07, 6.45) is 1.09. The summed E-state index contributed by atoms with van der Waals surface area (Å²) < 4.78 is 0. The average Bonchev–Trinajstić information content (AvgIpc) is 2.26. The lowest BCUT2D eigenvalue weighted by atomic mass is 10.1. The van der Waals surface area contributed by atoms with Gasteiger partial charge in [-0.05, 0) is 31.0 Å². The summed E-state index contributed by atoms with van der Waals surface area (Å²) in [5.41, 5.74) is 1.45. The van der Waals surface area contributed by atoms with Crippen LogP contribution in [0.1, 0.15) is 36.2 Å². The van der Waals surface area contributed by atoms with Crippen LogP contribution >= 0.6 is 0 Å². The molecule has 0 bridgehead atoms. The predicted octanol–water partition coefficient (Wildman–Crippen LogP) is 2.27. The third kappa shape index (κ3) is 3.72. The lowest BCUT2D eigenvalue weighted by molar-refractivity contribution is 0.0697. The van der Waals surface area contributed by atoms with Gasteiger partial charge in [-0.25, -0.2) is 4.79 Å². The molecule has 2 N–H and O–H groups in total. The van der Waals surface area contributed by atoms with Crippen LogP contribution in [0, 0.1) is 0 Å². The Morgan fingerprint density at radius 3 is 2.47 bits per heavy atom. The highest BCUT2D eigenvalue weighted by molar-refractivity contribution is 5.87. The number of carboxylic acids is 1. The van der Waals surface area contributed by atoms with Gasteiger partial charge in [0.1, 0.15) is 0 Å². The summed E-state index contributed by atoms with van der Waals surface area (Å²) >= 11 is 0. The maximum Gasteiger partial charge on any atom is 0.335 e. The molecule has 3 nitrogen and oxygen atoms in total. The standard InChI is InChI=1S/C12H17NO2/c1-3-9(2)13-8-10-4-6-11(7-5-10)12(14)15/h4-7,9,13H,3,8H2,1-2H3,(H,14,15). The van der Waals surface area contributed by atoms with Crippen LogP contribution in [-0.4, -0.2) is 17.1 Å². The third-order valence-electron chi connectivity index (χ3n) is 2.47. The van der Waals surface area contributed by atoms with Crippen molar-refractivity contribution in [1.29, 1.82) is 0 Å². The highest BCUT2D eigenvalue weighted by atomic mass is 16.4. The van der Waals surface area contributed by atoms with Gasteiger partial charge in [0.25, 0.3) is 0 Å². The SMILES string of the molecule is CCC(C)NCc1ccc(C(=O)O)cc1. The first kappa shape index (κ1) is 11.7. The Morgan fingerprint density at radius 1 is 1.40 bits per heavy atom. The molecule has 15 heavy (non-hydrogen) atoms. The van der Waals surface area contributed by atoms with Crippen LogP contribution in [-0.2, 0) is 6.54 Å². The van der Waals surface area contributed by atoms with Crippen molar-refractivity contribution in [3.8, 4) is 0 Å². The minimum Gasteiger partial charge on any atom is -0.478 e. The zero-order valence-electron chi connectivity index (χ0n) is 9.16. The number of rotatable bonds is 5. The van der Waals surface area contributed by atoms with Crippen molar-refractivity contribution < 1.29 is 9.90 Å². The topological polar surface area (TPSA) is 49.3 Å². The molecule has 0 fully saturated rings. The monoisotopic (exact) mass is 207 g/mol. The molecule has 0 aromatic heterocycles. The summed E-state index contributed by atoms with van der Waals surface area (Å²) in [6.45, 7) is 5.05. The third-order valence-corrected chi connectivity index (χ3v) is 2.47. The van der Waals surface area contributed by atoms with Crippen molar-refractivity contribution in [2.45, 2.75) is 32.9 Å². The van der Waals surface area contributed by atoms with Crippen molar-refractivity contribution in [3.05, 3.63) is 35.4 Å². The minimum atomic E-state index is -0.878. The summed E-state index contributed by atoms with van der Waals surface area (Å²) in [5, 5.41) is 12.1. The van der Waals surface area contributed by atoms with Crippen LogP contribution in [0.15, 0.2) is 24.3 Å². The summed E-state index contributed by atoms with van der Waals surface area (Å²) in [5.74, 6) is -0.878. The van der Waals surface area contributed by atoms with Crippen molar-refractivity contribution in [2.75, 3.05) is 0 Å². The molecule has 0 heterocycles. The quantitative estimate of drug-likeness (QED) is 0.778. The highest BCUT2D eigenvalue weighted by Gasteiger charge is 2.02. The molecule has 0 radical (unpaired) electrons. The second kappa shape index (κ2) is 5.51. The van der Waals surface area contributed by atoms with Gasteiger partial charge in [-0.15, -0.1) is 0 Å². The smallest absolute Gasteiger partial charge is 0.335 e. The molecule has 82 valence electrons. The van der Waals surface area contributed by atoms with Gasteiger partial charge < -0.3 is 10.4 Å². The number of carboxylic acid groups (broad SMARTS) is 1. The number of nitrogens with one attached hydrogen (secondary N) is 1. The van der Waals surface area contributed by atoms with Gasteiger partial charge in [0.05, 0.1) is 5.56 Å². The van der Waals surface area contributed by atoms with Crippen molar-refractivity contribution >= 4 is 5.97 Å². The Bertz CT molecular complexity index is 319. The number of hydrogen-bond donors (Lipinski definition) is 2. The number of aromatic carboxylic acids is 1. The van der Waals surface area contributed by atoms with Crippen LogP contribution in [0.5, 0.6) is 0 Å². The second-order valence-electron chi connectivity index (χ2n) is 3.69. The van der Waals surface area contributed by atoms with E-state index in [1.54, 1.807) is 12.1 Å². The molecule has 0 saturated heterocycles. The largest absolute Gasteiger partial charge is 0.478 e. The fourth-order valence-corrected chi connectivity index (χ4v) is 1.20. The Hall–Kier alpha value is -1.35. The first-order valence-corrected chi connectivity index (χ1v) is 5.19. The van der Waals surface area contributed by atoms with Crippen molar-refractivity contribution in [3.63, 3.8) is 0 Å². The zero-order chi connectivity index (χ0) is 11.3. The van der Waals surface area contributed by atoms with E-state index in [-0.39, 0.29) is 0 Å². The molecule has 3 heteroatoms. The number of carbonyl (C=O) groups is 1. The minimum absolute atomic E-state index is 0.335. The maximum atomic E-state index is 10.6. The van der Waals surface area contributed by atoms with Crippen LogP contribution in [0.3, 0.4) is 0 Å². The van der Waals surface area contributed by atoms with Crippen LogP contribution in [0.4, 0.5) is 0 Å². The first-order chi connectivity index (χ1) is 7.13. The van der Waals surface area contributed by atoms with E-state index in [1.807, 2.05) is 12.1 Å². The van der Waals surface area contributed by atoms with E-state index < -0.39 is 5.97 Å². The molecule has 0 amide bonds. The normalized spacial score (nSPS) is 12.4. The Morgan fingerprint density at radius 2 is 2.00 bits per heavy atom. The summed E-state index contributed by atoms with van der Waals surface area (Å²) in [7, 11) is 0. The van der Waals surface area contributed by atoms with Gasteiger partial charge in [-0.1, -0.05) is 19.1 Å². The van der Waals surface area contributed by atoms with Crippen molar-refractivity contribution in [1.82, 2.24) is 5.32 Å². The van der Waals surface area contributed by atoms with Crippen molar-refractivity contribution in [2.24, 2.45) is 0 Å². The molecular weight excluding hydrogens is 190 g/mol. The van der Waals surface area contributed by atoms with Crippen LogP contribution in [0.25, 0.3) is 0 Å². The van der Waals surface area contributed by atoms with E-state index in [0.717, 1.165) is 18.5 Å². The Balaban J connectivity index is 2.53. The molecule has 1 rings (SSSR count). The predicted molar refractivity (Wildman–Crippen MR) is 60.0 cm³/mol. The van der Waals surface area contributed by atoms with E-state index in [9.17, 15) is 4.79 Å². The molecule has 0 spiro atoms. The number of benzene rings is 1. The lowest BCUT2D eigenvalue weighted by Crippen LogP contribution is -2.24.